The molecule has 0 N–H and O–H groups in total. The van der Waals surface area contributed by atoms with Crippen molar-refractivity contribution < 1.29 is 4.74 Å². The van der Waals surface area contributed by atoms with Gasteiger partial charge in [-0.25, -0.2) is 4.98 Å². The van der Waals surface area contributed by atoms with Gasteiger partial charge in [0.05, 0.1) is 29.0 Å². The molecule has 0 radical (unpaired) electrons. The van der Waals surface area contributed by atoms with Crippen LogP contribution in [0.25, 0.3) is 0 Å². The highest BCUT2D eigenvalue weighted by Crippen LogP contribution is 2.23. The van der Waals surface area contributed by atoms with E-state index in [1.54, 1.807) is 29.2 Å². The van der Waals surface area contributed by atoms with Gasteiger partial charge >= 0.3 is 0 Å². The van der Waals surface area contributed by atoms with E-state index in [2.05, 4.69) is 10.1 Å². The third-order valence-electron chi connectivity index (χ3n) is 2.18. The van der Waals surface area contributed by atoms with Gasteiger partial charge in [-0.05, 0) is 13.0 Å². The quantitative estimate of drug-likeness (QED) is 0.800. The van der Waals surface area contributed by atoms with E-state index in [0.29, 0.717) is 22.3 Å². The van der Waals surface area contributed by atoms with E-state index in [1.807, 2.05) is 6.92 Å². The normalized spacial score (nSPS) is 10.5. The van der Waals surface area contributed by atoms with Gasteiger partial charge in [-0.2, -0.15) is 5.10 Å². The Hall–Kier alpha value is -1.26. The van der Waals surface area contributed by atoms with Crippen molar-refractivity contribution in [2.24, 2.45) is 0 Å². The van der Waals surface area contributed by atoms with E-state index in [9.17, 15) is 0 Å². The first kappa shape index (κ1) is 12.2. The molecule has 6 heteroatoms. The van der Waals surface area contributed by atoms with Crippen molar-refractivity contribution in [1.29, 1.82) is 0 Å². The lowest BCUT2D eigenvalue weighted by Gasteiger charge is -2.04. The summed E-state index contributed by atoms with van der Waals surface area (Å²) in [7, 11) is 0. The Morgan fingerprint density at radius 2 is 2.24 bits per heavy atom. The van der Waals surface area contributed by atoms with Crippen molar-refractivity contribution in [1.82, 2.24) is 14.8 Å². The zero-order valence-electron chi connectivity index (χ0n) is 9.23. The minimum absolute atomic E-state index is 0.254. The van der Waals surface area contributed by atoms with Crippen molar-refractivity contribution in [2.75, 3.05) is 0 Å². The van der Waals surface area contributed by atoms with E-state index < -0.39 is 0 Å². The minimum Gasteiger partial charge on any atom is -0.436 e. The Bertz CT molecular complexity index is 513. The van der Waals surface area contributed by atoms with Gasteiger partial charge in [0, 0.05) is 12.6 Å². The molecule has 0 aliphatic heterocycles. The fraction of sp³-hybridized carbons (Fsp3) is 0.273. The summed E-state index contributed by atoms with van der Waals surface area (Å²) in [5, 5.41) is 4.64. The monoisotopic (exact) mass is 271 g/mol. The molecule has 2 heterocycles. The summed E-state index contributed by atoms with van der Waals surface area (Å²) >= 11 is 11.6. The highest BCUT2D eigenvalue weighted by molar-refractivity contribution is 6.32. The van der Waals surface area contributed by atoms with Crippen LogP contribution in [0, 0.1) is 0 Å². The molecule has 0 bridgehead atoms. The summed E-state index contributed by atoms with van der Waals surface area (Å²) in [5.41, 5.74) is 0.605. The highest BCUT2D eigenvalue weighted by atomic mass is 35.5. The summed E-state index contributed by atoms with van der Waals surface area (Å²) in [6, 6.07) is 3.41. The molecule has 4 nitrogen and oxygen atoms in total. The van der Waals surface area contributed by atoms with Gasteiger partial charge in [-0.1, -0.05) is 11.6 Å². The average Bonchev–Trinajstić information content (AvgIpc) is 2.79. The lowest BCUT2D eigenvalue weighted by Crippen LogP contribution is -1.93. The minimum atomic E-state index is 0.254. The van der Waals surface area contributed by atoms with E-state index in [4.69, 9.17) is 27.9 Å². The first-order valence-electron chi connectivity index (χ1n) is 5.14. The van der Waals surface area contributed by atoms with Crippen molar-refractivity contribution in [3.05, 3.63) is 35.2 Å². The molecule has 17 heavy (non-hydrogen) atoms. The maximum atomic E-state index is 5.91. The number of alkyl halides is 1. The Labute approximate surface area is 109 Å². The van der Waals surface area contributed by atoms with Gasteiger partial charge < -0.3 is 4.74 Å². The number of halogens is 2. The van der Waals surface area contributed by atoms with Crippen LogP contribution in [0.3, 0.4) is 0 Å². The number of aryl methyl sites for hydroxylation is 1. The third-order valence-corrected chi connectivity index (χ3v) is 2.77. The molecule has 0 aliphatic rings. The zero-order valence-corrected chi connectivity index (χ0v) is 10.7. The van der Waals surface area contributed by atoms with Gasteiger partial charge in [-0.15, -0.1) is 11.6 Å². The Morgan fingerprint density at radius 3 is 2.88 bits per heavy atom. The standard InChI is InChI=1S/C11H11Cl2N3O/c1-2-16-7-8(6-14-16)17-11-4-3-9(13)10(5-12)15-11/h3-4,6-7H,2,5H2,1H3. The number of ether oxygens (including phenoxy) is 1. The highest BCUT2D eigenvalue weighted by Gasteiger charge is 2.06. The van der Waals surface area contributed by atoms with E-state index in [-0.39, 0.29) is 5.88 Å². The van der Waals surface area contributed by atoms with Crippen LogP contribution in [0.4, 0.5) is 0 Å². The van der Waals surface area contributed by atoms with Crippen LogP contribution in [0.2, 0.25) is 5.02 Å². The van der Waals surface area contributed by atoms with E-state index in [0.717, 1.165) is 6.54 Å². The summed E-state index contributed by atoms with van der Waals surface area (Å²) < 4.78 is 7.32. The second-order valence-electron chi connectivity index (χ2n) is 3.35. The van der Waals surface area contributed by atoms with Crippen molar-refractivity contribution in [3.8, 4) is 11.6 Å². The smallest absolute Gasteiger partial charge is 0.219 e. The molecule has 0 fully saturated rings. The third kappa shape index (κ3) is 2.90. The molecule has 0 amide bonds. The molecular weight excluding hydrogens is 261 g/mol. The Balaban J connectivity index is 2.18. The average molecular weight is 272 g/mol. The maximum absolute atomic E-state index is 5.91. The van der Waals surface area contributed by atoms with Crippen LogP contribution < -0.4 is 4.74 Å². The molecule has 0 spiro atoms. The largest absolute Gasteiger partial charge is 0.436 e. The lowest BCUT2D eigenvalue weighted by molar-refractivity contribution is 0.460. The van der Waals surface area contributed by atoms with Crippen molar-refractivity contribution in [2.45, 2.75) is 19.3 Å². The first-order valence-corrected chi connectivity index (χ1v) is 6.06. The molecule has 0 aromatic carbocycles. The van der Waals surface area contributed by atoms with Gasteiger partial charge in [0.25, 0.3) is 0 Å². The number of nitrogens with zero attached hydrogens (tertiary/aromatic N) is 3. The molecule has 2 aromatic rings. The van der Waals surface area contributed by atoms with Crippen LogP contribution in [0.1, 0.15) is 12.6 Å². The summed E-state index contributed by atoms with van der Waals surface area (Å²) in [6.07, 6.45) is 3.44. The van der Waals surface area contributed by atoms with Gasteiger partial charge in [-0.3, -0.25) is 4.68 Å². The predicted octanol–water partition coefficient (Wildman–Crippen LogP) is 3.48. The number of pyridine rings is 1. The summed E-state index contributed by atoms with van der Waals surface area (Å²) in [6.45, 7) is 2.80. The molecule has 0 saturated carbocycles. The lowest BCUT2D eigenvalue weighted by atomic mass is 10.4. The molecule has 0 atom stereocenters. The number of hydrogen-bond acceptors (Lipinski definition) is 3. The molecule has 0 saturated heterocycles. The molecule has 2 rings (SSSR count). The number of rotatable bonds is 4. The molecule has 0 unspecified atom stereocenters. The van der Waals surface area contributed by atoms with Crippen molar-refractivity contribution >= 4 is 23.2 Å². The van der Waals surface area contributed by atoms with Gasteiger partial charge in [0.15, 0.2) is 5.75 Å². The Morgan fingerprint density at radius 1 is 1.41 bits per heavy atom. The van der Waals surface area contributed by atoms with Gasteiger partial charge in [0.2, 0.25) is 5.88 Å². The predicted molar refractivity (Wildman–Crippen MR) is 66.8 cm³/mol. The Kier molecular flexibility index (Phi) is 3.86. The molecule has 2 aromatic heterocycles. The first-order chi connectivity index (χ1) is 8.22. The van der Waals surface area contributed by atoms with Crippen LogP contribution in [0.15, 0.2) is 24.5 Å². The molecular formula is C11H11Cl2N3O. The summed E-state index contributed by atoms with van der Waals surface area (Å²) in [4.78, 5) is 4.20. The SMILES string of the molecule is CCn1cc(Oc2ccc(Cl)c(CCl)n2)cn1. The fourth-order valence-corrected chi connectivity index (χ4v) is 1.75. The van der Waals surface area contributed by atoms with Crippen LogP contribution in [0.5, 0.6) is 11.6 Å². The van der Waals surface area contributed by atoms with Crippen LogP contribution >= 0.6 is 23.2 Å². The molecule has 0 aliphatic carbocycles. The zero-order chi connectivity index (χ0) is 12.3. The maximum Gasteiger partial charge on any atom is 0.219 e. The summed E-state index contributed by atoms with van der Waals surface area (Å²) in [5.74, 6) is 1.35. The van der Waals surface area contributed by atoms with Gasteiger partial charge in [0.1, 0.15) is 0 Å². The van der Waals surface area contributed by atoms with Crippen LogP contribution in [-0.4, -0.2) is 14.8 Å². The number of hydrogen-bond donors (Lipinski definition) is 0. The van der Waals surface area contributed by atoms with Crippen molar-refractivity contribution in [3.63, 3.8) is 0 Å². The van der Waals surface area contributed by atoms with E-state index in [1.165, 1.54) is 0 Å². The number of aromatic nitrogens is 3. The second kappa shape index (κ2) is 5.38. The topological polar surface area (TPSA) is 39.9 Å². The van der Waals surface area contributed by atoms with E-state index >= 15 is 0 Å². The van der Waals surface area contributed by atoms with Crippen LogP contribution in [-0.2, 0) is 12.4 Å². The second-order valence-corrected chi connectivity index (χ2v) is 4.02. The molecule has 90 valence electrons. The fourth-order valence-electron chi connectivity index (χ4n) is 1.31.